The van der Waals surface area contributed by atoms with Crippen molar-refractivity contribution in [1.29, 1.82) is 0 Å². The molecule has 82 valence electrons. The van der Waals surface area contributed by atoms with E-state index >= 15 is 0 Å². The van der Waals surface area contributed by atoms with Crippen molar-refractivity contribution in [3.63, 3.8) is 0 Å². The highest BCUT2D eigenvalue weighted by molar-refractivity contribution is 6.65. The molecule has 0 fully saturated rings. The number of carbonyl (C=O) groups excluding carboxylic acids is 2. The Balaban J connectivity index is 3.88. The van der Waals surface area contributed by atoms with E-state index in [2.05, 4.69) is 6.92 Å². The van der Waals surface area contributed by atoms with Crippen LogP contribution in [0, 0.1) is 0 Å². The molecule has 0 aromatic heterocycles. The molecule has 0 unspecified atom stereocenters. The normalized spacial score (nSPS) is 11.1. The summed E-state index contributed by atoms with van der Waals surface area (Å²) in [5.41, 5.74) is -1.20. The highest BCUT2D eigenvalue weighted by atomic mass is 35.5. The molecule has 0 radical (unpaired) electrons. The Bertz CT molecular complexity index is 211. The number of halogens is 1. The number of hydrogen-bond donors (Lipinski definition) is 0. The molecule has 0 heterocycles. The van der Waals surface area contributed by atoms with Gasteiger partial charge in [0, 0.05) is 6.42 Å². The second kappa shape index (κ2) is 6.02. The van der Waals surface area contributed by atoms with Crippen LogP contribution in [-0.2, 0) is 14.3 Å². The summed E-state index contributed by atoms with van der Waals surface area (Å²) in [6.45, 7) is 5.03. The summed E-state index contributed by atoms with van der Waals surface area (Å²) in [7, 11) is 0. The van der Waals surface area contributed by atoms with Crippen LogP contribution in [0.1, 0.15) is 46.5 Å². The summed E-state index contributed by atoms with van der Waals surface area (Å²) in [6, 6.07) is 0. The smallest absolute Gasteiger partial charge is 0.306 e. The molecular weight excluding hydrogens is 204 g/mol. The topological polar surface area (TPSA) is 43.4 Å². The highest BCUT2D eigenvalue weighted by Crippen LogP contribution is 2.15. The number of rotatable bonds is 6. The van der Waals surface area contributed by atoms with Crippen LogP contribution in [0.3, 0.4) is 0 Å². The Labute approximate surface area is 89.8 Å². The van der Waals surface area contributed by atoms with Crippen LogP contribution in [0.15, 0.2) is 0 Å². The van der Waals surface area contributed by atoms with E-state index < -0.39 is 10.8 Å². The number of hydrogen-bond acceptors (Lipinski definition) is 3. The molecule has 14 heavy (non-hydrogen) atoms. The average Bonchev–Trinajstić information content (AvgIpc) is 2.03. The summed E-state index contributed by atoms with van der Waals surface area (Å²) >= 11 is 5.26. The standard InChI is InChI=1S/C10H17ClO3/c1-4-5-6-7-8(12)14-10(2,3)9(11)13/h4-7H2,1-3H3. The molecule has 0 aliphatic carbocycles. The second-order valence-corrected chi connectivity index (χ2v) is 4.06. The molecule has 0 aliphatic rings. The molecule has 0 spiro atoms. The van der Waals surface area contributed by atoms with Crippen LogP contribution in [0.25, 0.3) is 0 Å². The Kier molecular flexibility index (Phi) is 5.77. The number of unbranched alkanes of at least 4 members (excludes halogenated alkanes) is 2. The van der Waals surface area contributed by atoms with Crippen LogP contribution in [0.5, 0.6) is 0 Å². The van der Waals surface area contributed by atoms with Crippen molar-refractivity contribution in [2.45, 2.75) is 52.1 Å². The van der Waals surface area contributed by atoms with Gasteiger partial charge in [-0.2, -0.15) is 0 Å². The SMILES string of the molecule is CCCCCC(=O)OC(C)(C)C(=O)Cl. The summed E-state index contributed by atoms with van der Waals surface area (Å²) in [4.78, 5) is 22.0. The van der Waals surface area contributed by atoms with Crippen molar-refractivity contribution in [2.24, 2.45) is 0 Å². The van der Waals surface area contributed by atoms with Gasteiger partial charge in [-0.25, -0.2) is 0 Å². The van der Waals surface area contributed by atoms with Crippen molar-refractivity contribution < 1.29 is 14.3 Å². The van der Waals surface area contributed by atoms with Gasteiger partial charge in [0.25, 0.3) is 5.24 Å². The molecule has 0 rings (SSSR count). The first-order valence-corrected chi connectivity index (χ1v) is 5.19. The fourth-order valence-electron chi connectivity index (χ4n) is 0.895. The van der Waals surface area contributed by atoms with E-state index in [4.69, 9.17) is 16.3 Å². The summed E-state index contributed by atoms with van der Waals surface area (Å²) in [5.74, 6) is -0.363. The van der Waals surface area contributed by atoms with E-state index in [-0.39, 0.29) is 5.97 Å². The van der Waals surface area contributed by atoms with Gasteiger partial charge in [-0.1, -0.05) is 19.8 Å². The molecule has 0 aromatic rings. The molecule has 4 heteroatoms. The minimum atomic E-state index is -1.20. The van der Waals surface area contributed by atoms with Gasteiger partial charge in [-0.05, 0) is 31.9 Å². The molecule has 0 N–H and O–H groups in total. The molecule has 0 saturated heterocycles. The summed E-state index contributed by atoms with van der Waals surface area (Å²) < 4.78 is 4.93. The number of esters is 1. The lowest BCUT2D eigenvalue weighted by atomic mass is 10.1. The van der Waals surface area contributed by atoms with Gasteiger partial charge in [-0.15, -0.1) is 0 Å². The van der Waals surface area contributed by atoms with Crippen LogP contribution >= 0.6 is 11.6 Å². The van der Waals surface area contributed by atoms with E-state index in [1.807, 2.05) is 0 Å². The fourth-order valence-corrected chi connectivity index (χ4v) is 0.934. The Morgan fingerprint density at radius 2 is 1.86 bits per heavy atom. The van der Waals surface area contributed by atoms with Gasteiger partial charge >= 0.3 is 5.97 Å². The first kappa shape index (κ1) is 13.4. The van der Waals surface area contributed by atoms with Crippen LogP contribution < -0.4 is 0 Å². The second-order valence-electron chi connectivity index (χ2n) is 3.72. The highest BCUT2D eigenvalue weighted by Gasteiger charge is 2.29. The molecule has 0 saturated carbocycles. The molecule has 3 nitrogen and oxygen atoms in total. The first-order valence-electron chi connectivity index (χ1n) is 4.82. The Morgan fingerprint density at radius 1 is 1.29 bits per heavy atom. The summed E-state index contributed by atoms with van der Waals surface area (Å²) in [6.07, 6.45) is 3.18. The average molecular weight is 221 g/mol. The minimum absolute atomic E-state index is 0.349. The van der Waals surface area contributed by atoms with Gasteiger partial charge in [0.1, 0.15) is 0 Å². The molecular formula is C10H17ClO3. The molecule has 0 aromatic carbocycles. The van der Waals surface area contributed by atoms with Crippen LogP contribution in [0.4, 0.5) is 0 Å². The Morgan fingerprint density at radius 3 is 2.29 bits per heavy atom. The van der Waals surface area contributed by atoms with Crippen molar-refractivity contribution in [1.82, 2.24) is 0 Å². The van der Waals surface area contributed by atoms with E-state index in [0.29, 0.717) is 6.42 Å². The molecule has 0 atom stereocenters. The van der Waals surface area contributed by atoms with E-state index in [1.165, 1.54) is 13.8 Å². The molecule has 0 aliphatic heterocycles. The van der Waals surface area contributed by atoms with E-state index in [0.717, 1.165) is 19.3 Å². The first-order chi connectivity index (χ1) is 6.40. The maximum atomic E-state index is 11.2. The third-order valence-corrected chi connectivity index (χ3v) is 2.28. The summed E-state index contributed by atoms with van der Waals surface area (Å²) in [5, 5.41) is -0.652. The number of ether oxygens (including phenoxy) is 1. The quantitative estimate of drug-likeness (QED) is 0.393. The Hall–Kier alpha value is -0.570. The van der Waals surface area contributed by atoms with Gasteiger partial charge < -0.3 is 4.74 Å². The number of carbonyl (C=O) groups is 2. The van der Waals surface area contributed by atoms with Crippen molar-refractivity contribution >= 4 is 22.8 Å². The lowest BCUT2D eigenvalue weighted by molar-refractivity contribution is -0.161. The third kappa shape index (κ3) is 5.22. The minimum Gasteiger partial charge on any atom is -0.450 e. The van der Waals surface area contributed by atoms with Crippen LogP contribution in [0.2, 0.25) is 0 Å². The van der Waals surface area contributed by atoms with Gasteiger partial charge in [0.05, 0.1) is 0 Å². The largest absolute Gasteiger partial charge is 0.450 e. The zero-order chi connectivity index (χ0) is 11.2. The monoisotopic (exact) mass is 220 g/mol. The van der Waals surface area contributed by atoms with Crippen molar-refractivity contribution in [3.05, 3.63) is 0 Å². The zero-order valence-corrected chi connectivity index (χ0v) is 9.69. The molecule has 0 bridgehead atoms. The van der Waals surface area contributed by atoms with E-state index in [9.17, 15) is 9.59 Å². The predicted octanol–water partition coefficient (Wildman–Crippen LogP) is 2.65. The maximum absolute atomic E-state index is 11.2. The van der Waals surface area contributed by atoms with Gasteiger partial charge in [0.15, 0.2) is 5.60 Å². The zero-order valence-electron chi connectivity index (χ0n) is 8.93. The van der Waals surface area contributed by atoms with Crippen molar-refractivity contribution in [3.8, 4) is 0 Å². The maximum Gasteiger partial charge on any atom is 0.306 e. The van der Waals surface area contributed by atoms with Crippen LogP contribution in [-0.4, -0.2) is 16.8 Å². The third-order valence-electron chi connectivity index (χ3n) is 1.83. The molecule has 0 amide bonds. The predicted molar refractivity (Wildman–Crippen MR) is 55.2 cm³/mol. The fraction of sp³-hybridized carbons (Fsp3) is 0.800. The van der Waals surface area contributed by atoms with Crippen molar-refractivity contribution in [2.75, 3.05) is 0 Å². The van der Waals surface area contributed by atoms with Gasteiger partial charge in [0.2, 0.25) is 0 Å². The van der Waals surface area contributed by atoms with E-state index in [1.54, 1.807) is 0 Å². The lowest BCUT2D eigenvalue weighted by Gasteiger charge is -2.20. The lowest BCUT2D eigenvalue weighted by Crippen LogP contribution is -2.34. The van der Waals surface area contributed by atoms with Gasteiger partial charge in [-0.3, -0.25) is 9.59 Å².